The van der Waals surface area contributed by atoms with Gasteiger partial charge in [0.05, 0.1) is 0 Å². The van der Waals surface area contributed by atoms with E-state index >= 15 is 0 Å². The van der Waals surface area contributed by atoms with Gasteiger partial charge in [0.2, 0.25) is 11.9 Å². The summed E-state index contributed by atoms with van der Waals surface area (Å²) < 4.78 is 1.28. The number of carbonyl (C=O) groups is 1. The molecule has 0 unspecified atom stereocenters. The van der Waals surface area contributed by atoms with Gasteiger partial charge in [0.1, 0.15) is 0 Å². The molecule has 2 aromatic carbocycles. The molecule has 0 saturated heterocycles. The molecule has 2 N–H and O–H groups in total. The Bertz CT molecular complexity index is 1060. The number of rotatable bonds is 7. The van der Waals surface area contributed by atoms with Crippen LogP contribution in [-0.2, 0) is 13.1 Å². The maximum Gasteiger partial charge on any atom is 0.281 e. The van der Waals surface area contributed by atoms with E-state index in [0.29, 0.717) is 30.5 Å². The van der Waals surface area contributed by atoms with Crippen LogP contribution in [-0.4, -0.2) is 25.7 Å². The lowest BCUT2D eigenvalue weighted by molar-refractivity contribution is 0.0947. The predicted molar refractivity (Wildman–Crippen MR) is 112 cm³/mol. The number of nitrogens with zero attached hydrogens (tertiary/aromatic N) is 4. The van der Waals surface area contributed by atoms with E-state index < -0.39 is 0 Å². The zero-order chi connectivity index (χ0) is 19.9. The van der Waals surface area contributed by atoms with Gasteiger partial charge < -0.3 is 10.6 Å². The highest BCUT2D eigenvalue weighted by molar-refractivity contribution is 5.96. The number of hydrogen-bond donors (Lipinski definition) is 2. The van der Waals surface area contributed by atoms with E-state index in [4.69, 9.17) is 0 Å². The lowest BCUT2D eigenvalue weighted by Gasteiger charge is -2.07. The first kappa shape index (κ1) is 18.4. The van der Waals surface area contributed by atoms with Crippen molar-refractivity contribution in [3.8, 4) is 0 Å². The summed E-state index contributed by atoms with van der Waals surface area (Å²) in [7, 11) is 0. The molecule has 0 aliphatic heterocycles. The van der Waals surface area contributed by atoms with Crippen LogP contribution in [0.2, 0.25) is 0 Å². The zero-order valence-electron chi connectivity index (χ0n) is 15.7. The van der Waals surface area contributed by atoms with Gasteiger partial charge in [-0.1, -0.05) is 60.7 Å². The monoisotopic (exact) mass is 384 g/mol. The van der Waals surface area contributed by atoms with Crippen molar-refractivity contribution in [1.82, 2.24) is 19.7 Å². The van der Waals surface area contributed by atoms with Gasteiger partial charge in [-0.2, -0.15) is 9.67 Å². The molecular formula is C22H20N6O. The molecule has 0 aliphatic rings. The van der Waals surface area contributed by atoms with Crippen molar-refractivity contribution in [3.63, 3.8) is 0 Å². The fourth-order valence-electron chi connectivity index (χ4n) is 2.81. The van der Waals surface area contributed by atoms with E-state index in [1.165, 1.54) is 4.68 Å². The zero-order valence-corrected chi connectivity index (χ0v) is 15.7. The number of hydrogen-bond acceptors (Lipinski definition) is 6. The Morgan fingerprint density at radius 1 is 0.793 bits per heavy atom. The summed E-state index contributed by atoms with van der Waals surface area (Å²) >= 11 is 0. The standard InChI is InChI=1S/C22H20N6O/c29-20(19-11-13-23-14-12-19)28-22(25-16-18-9-5-2-6-10-18)26-21(27-28)24-15-17-7-3-1-4-8-17/h1-14H,15-16H2,(H2,24,25,26,27). The summed E-state index contributed by atoms with van der Waals surface area (Å²) in [5.74, 6) is 0.487. The van der Waals surface area contributed by atoms with Crippen LogP contribution in [0, 0.1) is 0 Å². The molecule has 0 bridgehead atoms. The molecule has 2 heterocycles. The number of nitrogens with one attached hydrogen (secondary N) is 2. The van der Waals surface area contributed by atoms with Crippen molar-refractivity contribution >= 4 is 17.8 Å². The van der Waals surface area contributed by atoms with Gasteiger partial charge in [0, 0.05) is 31.0 Å². The maximum atomic E-state index is 12.9. The van der Waals surface area contributed by atoms with Crippen molar-refractivity contribution in [2.45, 2.75) is 13.1 Å². The van der Waals surface area contributed by atoms with Crippen molar-refractivity contribution in [2.75, 3.05) is 10.6 Å². The molecular weight excluding hydrogens is 364 g/mol. The quantitative estimate of drug-likeness (QED) is 0.507. The highest BCUT2D eigenvalue weighted by Crippen LogP contribution is 2.14. The second kappa shape index (κ2) is 8.79. The minimum atomic E-state index is -0.275. The van der Waals surface area contributed by atoms with Gasteiger partial charge in [0.25, 0.3) is 5.91 Å². The Morgan fingerprint density at radius 3 is 2.00 bits per heavy atom. The average Bonchev–Trinajstić information content (AvgIpc) is 3.21. The minimum absolute atomic E-state index is 0.275. The smallest absolute Gasteiger partial charge is 0.281 e. The highest BCUT2D eigenvalue weighted by Gasteiger charge is 2.17. The van der Waals surface area contributed by atoms with E-state index in [2.05, 4.69) is 25.7 Å². The third-order valence-corrected chi connectivity index (χ3v) is 4.31. The highest BCUT2D eigenvalue weighted by atomic mass is 16.2. The summed E-state index contributed by atoms with van der Waals surface area (Å²) in [6, 6.07) is 23.2. The molecule has 144 valence electrons. The summed E-state index contributed by atoms with van der Waals surface area (Å²) in [4.78, 5) is 21.4. The Balaban J connectivity index is 1.56. The van der Waals surface area contributed by atoms with Crippen molar-refractivity contribution in [2.24, 2.45) is 0 Å². The van der Waals surface area contributed by atoms with Crippen LogP contribution in [0.4, 0.5) is 11.9 Å². The number of pyridine rings is 1. The van der Waals surface area contributed by atoms with Crippen LogP contribution < -0.4 is 10.6 Å². The predicted octanol–water partition coefficient (Wildman–Crippen LogP) is 3.59. The molecule has 2 aromatic heterocycles. The van der Waals surface area contributed by atoms with Crippen LogP contribution in [0.1, 0.15) is 21.5 Å². The topological polar surface area (TPSA) is 84.7 Å². The number of aromatic nitrogens is 4. The molecule has 4 rings (SSSR count). The lowest BCUT2D eigenvalue weighted by atomic mass is 10.2. The Hall–Kier alpha value is -4.00. The van der Waals surface area contributed by atoms with Crippen LogP contribution in [0.3, 0.4) is 0 Å². The van der Waals surface area contributed by atoms with Crippen molar-refractivity contribution < 1.29 is 4.79 Å². The number of carbonyl (C=O) groups excluding carboxylic acids is 1. The summed E-state index contributed by atoms with van der Waals surface area (Å²) in [5.41, 5.74) is 2.67. The fraction of sp³-hybridized carbons (Fsp3) is 0.0909. The fourth-order valence-corrected chi connectivity index (χ4v) is 2.81. The second-order valence-corrected chi connectivity index (χ2v) is 6.39. The summed E-state index contributed by atoms with van der Waals surface area (Å²) in [6.45, 7) is 1.09. The lowest BCUT2D eigenvalue weighted by Crippen LogP contribution is -2.17. The van der Waals surface area contributed by atoms with Gasteiger partial charge in [0.15, 0.2) is 0 Å². The van der Waals surface area contributed by atoms with Gasteiger partial charge in [-0.15, -0.1) is 5.10 Å². The van der Waals surface area contributed by atoms with Gasteiger partial charge in [-0.3, -0.25) is 9.78 Å². The van der Waals surface area contributed by atoms with E-state index in [1.54, 1.807) is 24.5 Å². The molecule has 4 aromatic rings. The van der Waals surface area contributed by atoms with E-state index in [1.807, 2.05) is 60.7 Å². The molecule has 0 amide bonds. The average molecular weight is 384 g/mol. The van der Waals surface area contributed by atoms with Gasteiger partial charge in [-0.25, -0.2) is 0 Å². The first-order valence-electron chi connectivity index (χ1n) is 9.27. The van der Waals surface area contributed by atoms with Crippen LogP contribution in [0.5, 0.6) is 0 Å². The van der Waals surface area contributed by atoms with E-state index in [9.17, 15) is 4.79 Å². The first-order valence-corrected chi connectivity index (χ1v) is 9.27. The molecule has 29 heavy (non-hydrogen) atoms. The Morgan fingerprint density at radius 2 is 1.38 bits per heavy atom. The number of benzene rings is 2. The largest absolute Gasteiger partial charge is 0.350 e. The molecule has 0 saturated carbocycles. The summed E-state index contributed by atoms with van der Waals surface area (Å²) in [6.07, 6.45) is 3.16. The third kappa shape index (κ3) is 4.65. The first-order chi connectivity index (χ1) is 14.3. The molecule has 7 heteroatoms. The van der Waals surface area contributed by atoms with Gasteiger partial charge in [-0.05, 0) is 23.3 Å². The van der Waals surface area contributed by atoms with E-state index in [0.717, 1.165) is 11.1 Å². The Labute approximate surface area is 168 Å². The normalized spacial score (nSPS) is 10.5. The second-order valence-electron chi connectivity index (χ2n) is 6.39. The Kier molecular flexibility index (Phi) is 5.57. The van der Waals surface area contributed by atoms with Crippen molar-refractivity contribution in [3.05, 3.63) is 102 Å². The molecule has 0 atom stereocenters. The molecule has 0 spiro atoms. The van der Waals surface area contributed by atoms with E-state index in [-0.39, 0.29) is 5.91 Å². The SMILES string of the molecule is O=C(c1ccncc1)n1nc(NCc2ccccc2)nc1NCc1ccccc1. The van der Waals surface area contributed by atoms with Crippen LogP contribution in [0.15, 0.2) is 85.2 Å². The maximum absolute atomic E-state index is 12.9. The molecule has 0 radical (unpaired) electrons. The van der Waals surface area contributed by atoms with Crippen LogP contribution in [0.25, 0.3) is 0 Å². The van der Waals surface area contributed by atoms with Gasteiger partial charge >= 0.3 is 0 Å². The molecule has 0 aliphatic carbocycles. The number of anilines is 2. The third-order valence-electron chi connectivity index (χ3n) is 4.31. The van der Waals surface area contributed by atoms with Crippen LogP contribution >= 0.6 is 0 Å². The molecule has 0 fully saturated rings. The van der Waals surface area contributed by atoms with Crippen molar-refractivity contribution in [1.29, 1.82) is 0 Å². The molecule has 7 nitrogen and oxygen atoms in total. The summed E-state index contributed by atoms with van der Waals surface area (Å²) in [5, 5.41) is 10.8. The minimum Gasteiger partial charge on any atom is -0.350 e.